The molecule has 0 atom stereocenters. The molecule has 1 fully saturated rings. The van der Waals surface area contributed by atoms with Crippen molar-refractivity contribution in [1.82, 2.24) is 24.1 Å². The normalized spacial score (nSPS) is 13.9. The number of aromatic nitrogens is 5. The number of imidazole rings is 1. The van der Waals surface area contributed by atoms with Crippen LogP contribution >= 0.6 is 0 Å². The van der Waals surface area contributed by atoms with Crippen LogP contribution in [0.4, 0.5) is 0 Å². The van der Waals surface area contributed by atoms with Gasteiger partial charge in [-0.3, -0.25) is 4.40 Å². The molecule has 0 radical (unpaired) electrons. The molecule has 40 heavy (non-hydrogen) atoms. The van der Waals surface area contributed by atoms with Gasteiger partial charge in [-0.1, -0.05) is 12.1 Å². The maximum atomic E-state index is 6.29. The standard InChI is InChI=1S/C30H31N5O5/c1-36-25-4-2-22(3-5-25)19-34-21-32-33-30(34)23-16-24-18-31-20-35(24)29(17-23)40-28-8-6-26(7-9-28)38-14-15-39-27-10-12-37-13-11-27/h2-9,16-18,20-21,27H,10-15,19H2,1H3. The van der Waals surface area contributed by atoms with Crippen molar-refractivity contribution >= 4 is 5.52 Å². The highest BCUT2D eigenvalue weighted by Crippen LogP contribution is 2.30. The fourth-order valence-electron chi connectivity index (χ4n) is 4.67. The first-order valence-electron chi connectivity index (χ1n) is 13.3. The third-order valence-corrected chi connectivity index (χ3v) is 6.79. The van der Waals surface area contributed by atoms with E-state index in [0.717, 1.165) is 60.0 Å². The Morgan fingerprint density at radius 2 is 1.68 bits per heavy atom. The first-order chi connectivity index (χ1) is 19.7. The van der Waals surface area contributed by atoms with Gasteiger partial charge in [0.2, 0.25) is 5.88 Å². The highest BCUT2D eigenvalue weighted by molar-refractivity contribution is 5.66. The summed E-state index contributed by atoms with van der Waals surface area (Å²) in [6.45, 7) is 3.20. The lowest BCUT2D eigenvalue weighted by Gasteiger charge is -2.22. The van der Waals surface area contributed by atoms with Gasteiger partial charge in [0.25, 0.3) is 0 Å². The fraction of sp³-hybridized carbons (Fsp3) is 0.300. The van der Waals surface area contributed by atoms with E-state index in [1.165, 1.54) is 0 Å². The van der Waals surface area contributed by atoms with E-state index in [-0.39, 0.29) is 6.10 Å². The van der Waals surface area contributed by atoms with Crippen LogP contribution in [0.1, 0.15) is 18.4 Å². The van der Waals surface area contributed by atoms with Crippen LogP contribution < -0.4 is 14.2 Å². The highest BCUT2D eigenvalue weighted by Gasteiger charge is 2.15. The Morgan fingerprint density at radius 1 is 0.900 bits per heavy atom. The van der Waals surface area contributed by atoms with Gasteiger partial charge in [-0.2, -0.15) is 0 Å². The summed E-state index contributed by atoms with van der Waals surface area (Å²) in [7, 11) is 1.66. The van der Waals surface area contributed by atoms with Crippen molar-refractivity contribution in [2.24, 2.45) is 0 Å². The zero-order valence-corrected chi connectivity index (χ0v) is 22.3. The molecule has 4 heterocycles. The maximum Gasteiger partial charge on any atom is 0.206 e. The van der Waals surface area contributed by atoms with E-state index in [4.69, 9.17) is 23.7 Å². The van der Waals surface area contributed by atoms with Crippen molar-refractivity contribution in [3.63, 3.8) is 0 Å². The van der Waals surface area contributed by atoms with Gasteiger partial charge in [0, 0.05) is 24.8 Å². The van der Waals surface area contributed by atoms with E-state index in [9.17, 15) is 0 Å². The second kappa shape index (κ2) is 12.2. The Balaban J connectivity index is 1.14. The van der Waals surface area contributed by atoms with E-state index in [1.807, 2.05) is 69.6 Å². The zero-order valence-electron chi connectivity index (χ0n) is 22.3. The molecule has 1 saturated heterocycles. The summed E-state index contributed by atoms with van der Waals surface area (Å²) >= 11 is 0. The van der Waals surface area contributed by atoms with E-state index in [1.54, 1.807) is 26.0 Å². The summed E-state index contributed by atoms with van der Waals surface area (Å²) in [6.07, 6.45) is 7.40. The predicted molar refractivity (Wildman–Crippen MR) is 148 cm³/mol. The molecular formula is C30H31N5O5. The molecule has 0 N–H and O–H groups in total. The number of pyridine rings is 1. The summed E-state index contributed by atoms with van der Waals surface area (Å²) in [4.78, 5) is 4.31. The summed E-state index contributed by atoms with van der Waals surface area (Å²) in [5.74, 6) is 3.60. The number of benzene rings is 2. The molecule has 0 unspecified atom stereocenters. The molecule has 5 aromatic rings. The predicted octanol–water partition coefficient (Wildman–Crippen LogP) is 5.02. The second-order valence-corrected chi connectivity index (χ2v) is 9.51. The molecule has 0 spiro atoms. The van der Waals surface area contributed by atoms with Gasteiger partial charge in [-0.05, 0) is 60.9 Å². The minimum atomic E-state index is 0.264. The number of hydrogen-bond acceptors (Lipinski definition) is 8. The van der Waals surface area contributed by atoms with Gasteiger partial charge >= 0.3 is 0 Å². The Morgan fingerprint density at radius 3 is 2.48 bits per heavy atom. The quantitative estimate of drug-likeness (QED) is 0.215. The van der Waals surface area contributed by atoms with E-state index < -0.39 is 0 Å². The van der Waals surface area contributed by atoms with Crippen molar-refractivity contribution in [2.45, 2.75) is 25.5 Å². The molecule has 1 aliphatic heterocycles. The Labute approximate surface area is 232 Å². The van der Waals surface area contributed by atoms with Gasteiger partial charge in [0.15, 0.2) is 5.82 Å². The first kappa shape index (κ1) is 25.8. The number of nitrogens with zero attached hydrogens (tertiary/aromatic N) is 5. The third-order valence-electron chi connectivity index (χ3n) is 6.79. The van der Waals surface area contributed by atoms with Gasteiger partial charge in [-0.25, -0.2) is 4.98 Å². The molecule has 0 bridgehead atoms. The monoisotopic (exact) mass is 541 g/mol. The summed E-state index contributed by atoms with van der Waals surface area (Å²) in [5, 5.41) is 8.58. The zero-order chi connectivity index (χ0) is 27.1. The lowest BCUT2D eigenvalue weighted by Crippen LogP contribution is -2.25. The second-order valence-electron chi connectivity index (χ2n) is 9.51. The van der Waals surface area contributed by atoms with Crippen molar-refractivity contribution in [3.05, 3.63) is 85.1 Å². The topological polar surface area (TPSA) is 94.2 Å². The average molecular weight is 542 g/mol. The molecule has 3 aromatic heterocycles. The Kier molecular flexibility index (Phi) is 7.87. The van der Waals surface area contributed by atoms with Gasteiger partial charge < -0.3 is 28.3 Å². The van der Waals surface area contributed by atoms with Gasteiger partial charge in [-0.15, -0.1) is 10.2 Å². The number of methoxy groups -OCH3 is 1. The third kappa shape index (κ3) is 6.08. The Bertz CT molecular complexity index is 1520. The van der Waals surface area contributed by atoms with Gasteiger partial charge in [0.05, 0.1) is 38.1 Å². The van der Waals surface area contributed by atoms with E-state index >= 15 is 0 Å². The van der Waals surface area contributed by atoms with Crippen LogP contribution in [0.15, 0.2) is 79.5 Å². The van der Waals surface area contributed by atoms with Crippen molar-refractivity contribution < 1.29 is 23.7 Å². The van der Waals surface area contributed by atoms with Crippen LogP contribution in [0.25, 0.3) is 16.9 Å². The number of rotatable bonds is 11. The average Bonchev–Trinajstić information content (AvgIpc) is 3.67. The minimum absolute atomic E-state index is 0.264. The summed E-state index contributed by atoms with van der Waals surface area (Å²) < 4.78 is 32.6. The molecule has 0 aliphatic carbocycles. The smallest absolute Gasteiger partial charge is 0.206 e. The molecule has 6 rings (SSSR count). The van der Waals surface area contributed by atoms with E-state index in [0.29, 0.717) is 31.4 Å². The molecule has 2 aromatic carbocycles. The van der Waals surface area contributed by atoms with Crippen molar-refractivity contribution in [1.29, 1.82) is 0 Å². The first-order valence-corrected chi connectivity index (χ1v) is 13.3. The molecule has 10 heteroatoms. The number of hydrogen-bond donors (Lipinski definition) is 0. The van der Waals surface area contributed by atoms with Crippen LogP contribution in [0.3, 0.4) is 0 Å². The van der Waals surface area contributed by atoms with Crippen molar-refractivity contribution in [2.75, 3.05) is 33.5 Å². The number of ether oxygens (including phenoxy) is 5. The Hall–Kier alpha value is -4.41. The highest BCUT2D eigenvalue weighted by atomic mass is 16.5. The summed E-state index contributed by atoms with van der Waals surface area (Å²) in [5.41, 5.74) is 2.87. The molecule has 0 amide bonds. The maximum absolute atomic E-state index is 6.29. The molecular weight excluding hydrogens is 510 g/mol. The van der Waals surface area contributed by atoms with E-state index in [2.05, 4.69) is 15.2 Å². The molecule has 0 saturated carbocycles. The van der Waals surface area contributed by atoms with Crippen LogP contribution in [0.2, 0.25) is 0 Å². The molecule has 1 aliphatic rings. The van der Waals surface area contributed by atoms with Crippen LogP contribution in [-0.2, 0) is 16.0 Å². The lowest BCUT2D eigenvalue weighted by atomic mass is 10.2. The van der Waals surface area contributed by atoms with Crippen LogP contribution in [-0.4, -0.2) is 63.8 Å². The van der Waals surface area contributed by atoms with Gasteiger partial charge in [0.1, 0.15) is 36.5 Å². The SMILES string of the molecule is COc1ccc(Cn2cnnc2-c2cc(Oc3ccc(OCCOC4CCOCC4)cc3)n3cncc3c2)cc1. The largest absolute Gasteiger partial charge is 0.497 e. The molecule has 10 nitrogen and oxygen atoms in total. The van der Waals surface area contributed by atoms with Crippen LogP contribution in [0, 0.1) is 0 Å². The summed E-state index contributed by atoms with van der Waals surface area (Å²) in [6, 6.07) is 19.5. The lowest BCUT2D eigenvalue weighted by molar-refractivity contribution is -0.0388. The van der Waals surface area contributed by atoms with Crippen LogP contribution in [0.5, 0.6) is 23.1 Å². The molecule has 206 valence electrons. The van der Waals surface area contributed by atoms with Crippen molar-refractivity contribution in [3.8, 4) is 34.5 Å². The minimum Gasteiger partial charge on any atom is -0.497 e. The number of fused-ring (bicyclic) bond motifs is 1. The fourth-order valence-corrected chi connectivity index (χ4v) is 4.67.